The molecule has 0 amide bonds. The van der Waals surface area contributed by atoms with Gasteiger partial charge in [0.25, 0.3) is 0 Å². The van der Waals surface area contributed by atoms with Crippen LogP contribution in [0.2, 0.25) is 5.82 Å². The molecular formula is C15H19BFO6P. The standard InChI is InChI=1S/C15H19BFO6P/c1-20-24(19,21-2)9-22-12-8-11(16)13(17)14(12)23-15(18)10-6-4-3-5-7-10/h3-7,11-14H,8-9H2,1-2H3. The summed E-state index contributed by atoms with van der Waals surface area (Å²) in [5.74, 6) is -1.51. The van der Waals surface area contributed by atoms with E-state index in [1.165, 1.54) is 14.2 Å². The number of benzene rings is 1. The average Bonchev–Trinajstić information content (AvgIpc) is 2.88. The van der Waals surface area contributed by atoms with E-state index in [9.17, 15) is 13.8 Å². The van der Waals surface area contributed by atoms with Crippen LogP contribution in [0.1, 0.15) is 16.8 Å². The normalized spacial score (nSPS) is 27.1. The van der Waals surface area contributed by atoms with Crippen LogP contribution in [-0.2, 0) is 23.1 Å². The zero-order valence-electron chi connectivity index (χ0n) is 13.5. The van der Waals surface area contributed by atoms with E-state index in [0.717, 1.165) is 0 Å². The van der Waals surface area contributed by atoms with Crippen molar-refractivity contribution in [3.05, 3.63) is 35.9 Å². The fraction of sp³-hybridized carbons (Fsp3) is 0.533. The third-order valence-electron chi connectivity index (χ3n) is 3.85. The number of carbonyl (C=O) groups excluding carboxylic acids is 1. The average molecular weight is 356 g/mol. The van der Waals surface area contributed by atoms with Crippen LogP contribution in [0.3, 0.4) is 0 Å². The van der Waals surface area contributed by atoms with Gasteiger partial charge in [0.2, 0.25) is 0 Å². The molecule has 1 aliphatic carbocycles. The molecule has 2 rings (SSSR count). The molecule has 0 bridgehead atoms. The fourth-order valence-corrected chi connectivity index (χ4v) is 3.15. The second kappa shape index (κ2) is 8.25. The third kappa shape index (κ3) is 4.45. The van der Waals surface area contributed by atoms with Crippen LogP contribution >= 0.6 is 7.60 Å². The van der Waals surface area contributed by atoms with Gasteiger partial charge in [0, 0.05) is 14.2 Å². The first-order valence-electron chi connectivity index (χ1n) is 7.38. The molecule has 0 N–H and O–H groups in total. The molecule has 9 heteroatoms. The second-order valence-electron chi connectivity index (χ2n) is 5.39. The summed E-state index contributed by atoms with van der Waals surface area (Å²) in [4.78, 5) is 12.1. The lowest BCUT2D eigenvalue weighted by molar-refractivity contribution is -0.0469. The van der Waals surface area contributed by atoms with E-state index in [0.29, 0.717) is 5.56 Å². The van der Waals surface area contributed by atoms with Gasteiger partial charge in [0.1, 0.15) is 12.5 Å². The number of hydrogen-bond donors (Lipinski definition) is 0. The Bertz CT molecular complexity index is 593. The molecule has 4 unspecified atom stereocenters. The van der Waals surface area contributed by atoms with Crippen LogP contribution in [0.15, 0.2) is 30.3 Å². The molecule has 0 heterocycles. The van der Waals surface area contributed by atoms with Crippen LogP contribution in [0.4, 0.5) is 4.39 Å². The summed E-state index contributed by atoms with van der Waals surface area (Å²) in [6, 6.07) is 8.21. The highest BCUT2D eigenvalue weighted by Gasteiger charge is 2.45. The number of halogens is 1. The minimum absolute atomic E-state index is 0.126. The van der Waals surface area contributed by atoms with Crippen molar-refractivity contribution in [3.8, 4) is 0 Å². The molecule has 24 heavy (non-hydrogen) atoms. The molecule has 1 aromatic carbocycles. The lowest BCUT2D eigenvalue weighted by Gasteiger charge is -2.23. The maximum absolute atomic E-state index is 14.3. The Morgan fingerprint density at radius 3 is 2.50 bits per heavy atom. The molecule has 1 aliphatic rings. The van der Waals surface area contributed by atoms with Gasteiger partial charge in [-0.1, -0.05) is 18.2 Å². The number of alkyl halides is 1. The van der Waals surface area contributed by atoms with Gasteiger partial charge in [-0.25, -0.2) is 9.18 Å². The zero-order valence-corrected chi connectivity index (χ0v) is 14.4. The van der Waals surface area contributed by atoms with Crippen LogP contribution in [-0.4, -0.2) is 52.8 Å². The van der Waals surface area contributed by atoms with Gasteiger partial charge in [-0.15, -0.1) is 0 Å². The van der Waals surface area contributed by atoms with Gasteiger partial charge >= 0.3 is 13.6 Å². The summed E-state index contributed by atoms with van der Waals surface area (Å²) in [6.07, 6.45) is -3.85. The van der Waals surface area contributed by atoms with Gasteiger partial charge in [-0.05, 0) is 24.4 Å². The van der Waals surface area contributed by atoms with Crippen molar-refractivity contribution in [3.63, 3.8) is 0 Å². The van der Waals surface area contributed by atoms with Crippen molar-refractivity contribution in [2.24, 2.45) is 0 Å². The molecule has 0 aromatic heterocycles. The van der Waals surface area contributed by atoms with Gasteiger partial charge < -0.3 is 18.5 Å². The number of carbonyl (C=O) groups is 1. The molecule has 1 aromatic rings. The third-order valence-corrected chi connectivity index (χ3v) is 5.43. The van der Waals surface area contributed by atoms with Crippen LogP contribution in [0.25, 0.3) is 0 Å². The first-order valence-corrected chi connectivity index (χ1v) is 9.11. The fourth-order valence-electron chi connectivity index (χ4n) is 2.42. The number of ether oxygens (including phenoxy) is 2. The molecule has 0 saturated heterocycles. The molecule has 6 nitrogen and oxygen atoms in total. The Labute approximate surface area is 141 Å². The highest BCUT2D eigenvalue weighted by atomic mass is 31.2. The quantitative estimate of drug-likeness (QED) is 0.425. The van der Waals surface area contributed by atoms with E-state index in [4.69, 9.17) is 26.4 Å². The Balaban J connectivity index is 2.04. The van der Waals surface area contributed by atoms with Crippen molar-refractivity contribution >= 4 is 21.4 Å². The molecule has 1 saturated carbocycles. The van der Waals surface area contributed by atoms with E-state index in [2.05, 4.69) is 0 Å². The van der Waals surface area contributed by atoms with Crippen molar-refractivity contribution in [2.45, 2.75) is 30.6 Å². The SMILES string of the molecule is [B]C1CC(OCP(=O)(OC)OC)C(OC(=O)c2ccccc2)C1F. The Morgan fingerprint density at radius 1 is 1.29 bits per heavy atom. The molecule has 1 fully saturated rings. The van der Waals surface area contributed by atoms with Gasteiger partial charge in [0.15, 0.2) is 6.10 Å². The lowest BCUT2D eigenvalue weighted by Crippen LogP contribution is -2.35. The Morgan fingerprint density at radius 2 is 1.92 bits per heavy atom. The van der Waals surface area contributed by atoms with Crippen molar-refractivity contribution < 1.29 is 32.3 Å². The van der Waals surface area contributed by atoms with Crippen molar-refractivity contribution in [1.29, 1.82) is 0 Å². The Kier molecular flexibility index (Phi) is 6.58. The monoisotopic (exact) mass is 356 g/mol. The van der Waals surface area contributed by atoms with Crippen molar-refractivity contribution in [2.75, 3.05) is 20.6 Å². The van der Waals surface area contributed by atoms with E-state index in [-0.39, 0.29) is 12.8 Å². The van der Waals surface area contributed by atoms with Crippen LogP contribution in [0.5, 0.6) is 0 Å². The maximum Gasteiger partial charge on any atom is 0.355 e. The topological polar surface area (TPSA) is 71.1 Å². The molecule has 2 radical (unpaired) electrons. The summed E-state index contributed by atoms with van der Waals surface area (Å²) in [5.41, 5.74) is 0.295. The summed E-state index contributed by atoms with van der Waals surface area (Å²) in [6.45, 7) is 0. The summed E-state index contributed by atoms with van der Waals surface area (Å²) in [5, 5.41) is 0. The maximum atomic E-state index is 14.3. The highest BCUT2D eigenvalue weighted by Crippen LogP contribution is 2.47. The number of rotatable bonds is 7. The molecular weight excluding hydrogens is 337 g/mol. The lowest BCUT2D eigenvalue weighted by atomic mass is 9.85. The molecule has 0 aliphatic heterocycles. The summed E-state index contributed by atoms with van der Waals surface area (Å²) in [7, 11) is 4.72. The predicted molar refractivity (Wildman–Crippen MR) is 86.0 cm³/mol. The van der Waals surface area contributed by atoms with Gasteiger partial charge in [-0.2, -0.15) is 0 Å². The first kappa shape index (κ1) is 19.1. The highest BCUT2D eigenvalue weighted by molar-refractivity contribution is 7.53. The zero-order chi connectivity index (χ0) is 17.7. The second-order valence-corrected chi connectivity index (χ2v) is 7.60. The van der Waals surface area contributed by atoms with Crippen LogP contribution < -0.4 is 0 Å². The number of esters is 1. The molecule has 130 valence electrons. The van der Waals surface area contributed by atoms with Gasteiger partial charge in [-0.3, -0.25) is 4.57 Å². The van der Waals surface area contributed by atoms with Crippen LogP contribution in [0, 0.1) is 0 Å². The van der Waals surface area contributed by atoms with E-state index in [1.807, 2.05) is 0 Å². The Hall–Kier alpha value is -1.21. The predicted octanol–water partition coefficient (Wildman–Crippen LogP) is 2.74. The number of hydrogen-bond acceptors (Lipinski definition) is 6. The first-order chi connectivity index (χ1) is 11.4. The summed E-state index contributed by atoms with van der Waals surface area (Å²) >= 11 is 0. The largest absolute Gasteiger partial charge is 0.453 e. The van der Waals surface area contributed by atoms with E-state index in [1.54, 1.807) is 30.3 Å². The summed E-state index contributed by atoms with van der Waals surface area (Å²) < 4.78 is 46.5. The molecule has 4 atom stereocenters. The van der Waals surface area contributed by atoms with E-state index >= 15 is 0 Å². The van der Waals surface area contributed by atoms with Gasteiger partial charge in [0.05, 0.1) is 19.5 Å². The van der Waals surface area contributed by atoms with Crippen molar-refractivity contribution in [1.82, 2.24) is 0 Å². The minimum Gasteiger partial charge on any atom is -0.453 e. The van der Waals surface area contributed by atoms with E-state index < -0.39 is 37.8 Å². The molecule has 0 spiro atoms. The minimum atomic E-state index is -3.42. The smallest absolute Gasteiger partial charge is 0.355 e.